The SMILES string of the molecule is COc1ccccc1-n1nc(C(=O)NCCCN(C)C)c(O)cc1=O. The molecule has 2 aromatic rings. The van der Waals surface area contributed by atoms with E-state index in [-0.39, 0.29) is 5.69 Å². The number of hydrogen-bond acceptors (Lipinski definition) is 6. The number of nitrogens with one attached hydrogen (secondary N) is 1. The molecule has 0 aliphatic rings. The number of hydrogen-bond donors (Lipinski definition) is 2. The highest BCUT2D eigenvalue weighted by Gasteiger charge is 2.17. The summed E-state index contributed by atoms with van der Waals surface area (Å²) in [6.07, 6.45) is 0.756. The molecule has 8 nitrogen and oxygen atoms in total. The maximum atomic E-state index is 12.3. The number of carbonyl (C=O) groups is 1. The van der Waals surface area contributed by atoms with Crippen LogP contribution in [0.2, 0.25) is 0 Å². The second-order valence-electron chi connectivity index (χ2n) is 5.71. The van der Waals surface area contributed by atoms with Crippen LogP contribution in [0.1, 0.15) is 16.9 Å². The maximum Gasteiger partial charge on any atom is 0.275 e. The van der Waals surface area contributed by atoms with Gasteiger partial charge in [-0.25, -0.2) is 0 Å². The molecule has 0 bridgehead atoms. The van der Waals surface area contributed by atoms with E-state index >= 15 is 0 Å². The van der Waals surface area contributed by atoms with Gasteiger partial charge in [0.2, 0.25) is 0 Å². The highest BCUT2D eigenvalue weighted by molar-refractivity contribution is 5.94. The fourth-order valence-corrected chi connectivity index (χ4v) is 2.27. The first kappa shape index (κ1) is 18.5. The Kier molecular flexibility index (Phi) is 6.13. The van der Waals surface area contributed by atoms with Gasteiger partial charge in [-0.05, 0) is 39.2 Å². The number of ether oxygens (including phenoxy) is 1. The largest absolute Gasteiger partial charge is 0.505 e. The first-order chi connectivity index (χ1) is 11.9. The quantitative estimate of drug-likeness (QED) is 0.714. The van der Waals surface area contributed by atoms with Gasteiger partial charge in [-0.1, -0.05) is 12.1 Å². The van der Waals surface area contributed by atoms with Crippen LogP contribution >= 0.6 is 0 Å². The fourth-order valence-electron chi connectivity index (χ4n) is 2.27. The lowest BCUT2D eigenvalue weighted by Crippen LogP contribution is -2.31. The molecule has 134 valence electrons. The summed E-state index contributed by atoms with van der Waals surface area (Å²) in [5, 5.41) is 16.6. The number of para-hydroxylation sites is 2. The predicted molar refractivity (Wildman–Crippen MR) is 93.6 cm³/mol. The highest BCUT2D eigenvalue weighted by Crippen LogP contribution is 2.21. The van der Waals surface area contributed by atoms with Crippen molar-refractivity contribution in [2.75, 3.05) is 34.3 Å². The lowest BCUT2D eigenvalue weighted by molar-refractivity contribution is 0.0942. The molecule has 0 aliphatic carbocycles. The Morgan fingerprint density at radius 3 is 2.76 bits per heavy atom. The third-order valence-corrected chi connectivity index (χ3v) is 3.51. The lowest BCUT2D eigenvalue weighted by Gasteiger charge is -2.12. The predicted octanol–water partition coefficient (Wildman–Crippen LogP) is 0.628. The Morgan fingerprint density at radius 2 is 2.08 bits per heavy atom. The molecule has 25 heavy (non-hydrogen) atoms. The van der Waals surface area contributed by atoms with Gasteiger partial charge in [0.05, 0.1) is 7.11 Å². The van der Waals surface area contributed by atoms with E-state index in [0.29, 0.717) is 18.0 Å². The summed E-state index contributed by atoms with van der Waals surface area (Å²) in [6.45, 7) is 1.26. The van der Waals surface area contributed by atoms with Crippen LogP contribution in [-0.2, 0) is 0 Å². The topological polar surface area (TPSA) is 96.7 Å². The molecule has 2 rings (SSSR count). The third-order valence-electron chi connectivity index (χ3n) is 3.51. The molecule has 0 unspecified atom stereocenters. The molecule has 0 saturated carbocycles. The number of amides is 1. The van der Waals surface area contributed by atoms with Gasteiger partial charge in [0, 0.05) is 12.6 Å². The summed E-state index contributed by atoms with van der Waals surface area (Å²) in [5.74, 6) is -0.568. The number of rotatable bonds is 7. The molecule has 0 atom stereocenters. The number of benzene rings is 1. The minimum absolute atomic E-state index is 0.213. The normalized spacial score (nSPS) is 10.7. The van der Waals surface area contributed by atoms with Gasteiger partial charge in [0.1, 0.15) is 11.4 Å². The molecule has 2 N–H and O–H groups in total. The van der Waals surface area contributed by atoms with E-state index in [9.17, 15) is 14.7 Å². The van der Waals surface area contributed by atoms with Gasteiger partial charge in [0.15, 0.2) is 11.4 Å². The number of nitrogens with zero attached hydrogens (tertiary/aromatic N) is 3. The molecule has 1 heterocycles. The van der Waals surface area contributed by atoms with Crippen molar-refractivity contribution in [2.24, 2.45) is 0 Å². The Hall–Kier alpha value is -2.87. The molecular formula is C17H22N4O4. The number of carbonyl (C=O) groups excluding carboxylic acids is 1. The Bertz CT molecular complexity index is 801. The molecule has 0 spiro atoms. The van der Waals surface area contributed by atoms with E-state index in [4.69, 9.17) is 4.74 Å². The van der Waals surface area contributed by atoms with Gasteiger partial charge in [-0.15, -0.1) is 0 Å². The van der Waals surface area contributed by atoms with Crippen molar-refractivity contribution in [3.05, 3.63) is 46.4 Å². The average molecular weight is 346 g/mol. The average Bonchev–Trinajstić information content (AvgIpc) is 2.58. The molecule has 0 saturated heterocycles. The minimum Gasteiger partial charge on any atom is -0.505 e. The monoisotopic (exact) mass is 346 g/mol. The molecular weight excluding hydrogens is 324 g/mol. The van der Waals surface area contributed by atoms with E-state index in [1.165, 1.54) is 7.11 Å². The standard InChI is InChI=1S/C17H22N4O4/c1-20(2)10-6-9-18-17(24)16-13(22)11-15(23)21(19-16)12-7-4-5-8-14(12)25-3/h4-5,7-8,11,22H,6,9-10H2,1-3H3,(H,18,24). The number of aromatic hydroxyl groups is 1. The first-order valence-corrected chi connectivity index (χ1v) is 7.83. The second kappa shape index (κ2) is 8.29. The summed E-state index contributed by atoms with van der Waals surface area (Å²) in [7, 11) is 5.36. The molecule has 0 radical (unpaired) electrons. The van der Waals surface area contributed by atoms with Crippen LogP contribution in [0, 0.1) is 0 Å². The van der Waals surface area contributed by atoms with Crippen molar-refractivity contribution < 1.29 is 14.6 Å². The number of methoxy groups -OCH3 is 1. The zero-order valence-electron chi connectivity index (χ0n) is 14.5. The van der Waals surface area contributed by atoms with Gasteiger partial charge in [-0.3, -0.25) is 9.59 Å². The van der Waals surface area contributed by atoms with Gasteiger partial charge in [-0.2, -0.15) is 9.78 Å². The zero-order valence-corrected chi connectivity index (χ0v) is 14.5. The molecule has 1 amide bonds. The third kappa shape index (κ3) is 4.57. The Labute approximate surface area is 145 Å². The smallest absolute Gasteiger partial charge is 0.275 e. The van der Waals surface area contributed by atoms with E-state index in [2.05, 4.69) is 10.4 Å². The van der Waals surface area contributed by atoms with Crippen molar-refractivity contribution in [3.8, 4) is 17.2 Å². The van der Waals surface area contributed by atoms with Crippen LogP contribution in [0.3, 0.4) is 0 Å². The zero-order chi connectivity index (χ0) is 18.4. The van der Waals surface area contributed by atoms with Crippen molar-refractivity contribution in [2.45, 2.75) is 6.42 Å². The Balaban J connectivity index is 2.29. The van der Waals surface area contributed by atoms with Crippen LogP contribution in [0.25, 0.3) is 5.69 Å². The van der Waals surface area contributed by atoms with E-state index in [1.807, 2.05) is 19.0 Å². The van der Waals surface area contributed by atoms with Crippen molar-refractivity contribution >= 4 is 5.91 Å². The number of aromatic nitrogens is 2. The highest BCUT2D eigenvalue weighted by atomic mass is 16.5. The van der Waals surface area contributed by atoms with Gasteiger partial charge in [0.25, 0.3) is 11.5 Å². The first-order valence-electron chi connectivity index (χ1n) is 7.83. The minimum atomic E-state index is -0.564. The molecule has 0 aliphatic heterocycles. The van der Waals surface area contributed by atoms with Gasteiger partial charge < -0.3 is 20.1 Å². The van der Waals surface area contributed by atoms with E-state index < -0.39 is 17.2 Å². The second-order valence-corrected chi connectivity index (χ2v) is 5.71. The van der Waals surface area contributed by atoms with Crippen LogP contribution in [0.15, 0.2) is 35.1 Å². The fraction of sp³-hybridized carbons (Fsp3) is 0.353. The summed E-state index contributed by atoms with van der Waals surface area (Å²) >= 11 is 0. The summed E-state index contributed by atoms with van der Waals surface area (Å²) < 4.78 is 6.25. The molecule has 1 aromatic heterocycles. The van der Waals surface area contributed by atoms with Crippen molar-refractivity contribution in [3.63, 3.8) is 0 Å². The van der Waals surface area contributed by atoms with E-state index in [1.54, 1.807) is 24.3 Å². The van der Waals surface area contributed by atoms with E-state index in [0.717, 1.165) is 23.7 Å². The van der Waals surface area contributed by atoms with Gasteiger partial charge >= 0.3 is 0 Å². The van der Waals surface area contributed by atoms with Crippen molar-refractivity contribution in [1.82, 2.24) is 20.0 Å². The molecule has 0 fully saturated rings. The Morgan fingerprint density at radius 1 is 1.36 bits per heavy atom. The maximum absolute atomic E-state index is 12.3. The summed E-state index contributed by atoms with van der Waals surface area (Å²) in [5.41, 5.74) is -0.391. The lowest BCUT2D eigenvalue weighted by atomic mass is 10.3. The molecule has 1 aromatic carbocycles. The van der Waals surface area contributed by atoms with Crippen LogP contribution < -0.4 is 15.6 Å². The summed E-state index contributed by atoms with van der Waals surface area (Å²) in [4.78, 5) is 26.4. The summed E-state index contributed by atoms with van der Waals surface area (Å²) in [6, 6.07) is 7.76. The van der Waals surface area contributed by atoms with Crippen LogP contribution in [0.5, 0.6) is 11.5 Å². The molecule has 8 heteroatoms. The van der Waals surface area contributed by atoms with Crippen LogP contribution in [-0.4, -0.2) is 60.0 Å². The van der Waals surface area contributed by atoms with Crippen LogP contribution in [0.4, 0.5) is 0 Å². The van der Waals surface area contributed by atoms with Crippen molar-refractivity contribution in [1.29, 1.82) is 0 Å².